The summed E-state index contributed by atoms with van der Waals surface area (Å²) < 4.78 is 11.5. The molecule has 134 valence electrons. The van der Waals surface area contributed by atoms with E-state index in [0.717, 1.165) is 42.0 Å². The van der Waals surface area contributed by atoms with Crippen molar-refractivity contribution in [2.75, 3.05) is 19.8 Å². The van der Waals surface area contributed by atoms with Crippen molar-refractivity contribution in [3.8, 4) is 11.5 Å². The molecule has 0 saturated carbocycles. The van der Waals surface area contributed by atoms with Crippen LogP contribution in [0.15, 0.2) is 36.4 Å². The third-order valence-electron chi connectivity index (χ3n) is 4.40. The summed E-state index contributed by atoms with van der Waals surface area (Å²) >= 11 is 12.0. The van der Waals surface area contributed by atoms with Crippen molar-refractivity contribution in [2.45, 2.75) is 12.8 Å². The zero-order valence-electron chi connectivity index (χ0n) is 14.0. The Balaban J connectivity index is 1.71. The maximum Gasteiger partial charge on any atom is 0.188 e. The van der Waals surface area contributed by atoms with E-state index in [1.165, 1.54) is 0 Å². The van der Waals surface area contributed by atoms with Crippen LogP contribution < -0.4 is 14.8 Å². The van der Waals surface area contributed by atoms with E-state index in [4.69, 9.17) is 32.7 Å². The lowest BCUT2D eigenvalue weighted by Gasteiger charge is -2.23. The topological polar surface area (TPSA) is 47.6 Å². The molecule has 4 nitrogen and oxygen atoms in total. The zero-order chi connectivity index (χ0) is 18.1. The number of benzene rings is 2. The smallest absolute Gasteiger partial charge is 0.188 e. The zero-order valence-corrected chi connectivity index (χ0v) is 15.5. The molecule has 2 aliphatic heterocycles. The second-order valence-corrected chi connectivity index (χ2v) is 7.14. The number of rotatable bonds is 2. The molecule has 0 aromatic heterocycles. The number of hydrogen-bond acceptors (Lipinski definition) is 4. The van der Waals surface area contributed by atoms with E-state index < -0.39 is 0 Å². The van der Waals surface area contributed by atoms with Crippen molar-refractivity contribution in [3.05, 3.63) is 63.1 Å². The van der Waals surface area contributed by atoms with E-state index in [1.54, 1.807) is 24.3 Å². The second-order valence-electron chi connectivity index (χ2n) is 6.26. The highest BCUT2D eigenvalue weighted by Gasteiger charge is 2.21. The number of ether oxygens (including phenoxy) is 2. The number of halogens is 2. The highest BCUT2D eigenvalue weighted by molar-refractivity contribution is 6.35. The van der Waals surface area contributed by atoms with Gasteiger partial charge in [0.2, 0.25) is 0 Å². The van der Waals surface area contributed by atoms with Crippen LogP contribution in [-0.2, 0) is 6.42 Å². The van der Waals surface area contributed by atoms with E-state index in [9.17, 15) is 4.79 Å². The van der Waals surface area contributed by atoms with Crippen molar-refractivity contribution in [1.29, 1.82) is 0 Å². The maximum absolute atomic E-state index is 12.7. The SMILES string of the molecule is O=C(C=C1NCCc2cc3c(cc21)OCCCO3)c1cc(Cl)cc(Cl)c1. The largest absolute Gasteiger partial charge is 0.490 e. The van der Waals surface area contributed by atoms with Crippen molar-refractivity contribution < 1.29 is 14.3 Å². The fraction of sp³-hybridized carbons (Fsp3) is 0.250. The van der Waals surface area contributed by atoms with Crippen LogP contribution in [0.1, 0.15) is 27.9 Å². The Morgan fingerprint density at radius 1 is 1.00 bits per heavy atom. The van der Waals surface area contributed by atoms with Crippen LogP contribution in [0.5, 0.6) is 11.5 Å². The number of ketones is 1. The molecule has 4 rings (SSSR count). The number of carbonyl (C=O) groups excluding carboxylic acids is 1. The lowest BCUT2D eigenvalue weighted by atomic mass is 9.95. The third kappa shape index (κ3) is 3.53. The molecule has 1 N–H and O–H groups in total. The average Bonchev–Trinajstić information content (AvgIpc) is 2.84. The van der Waals surface area contributed by atoms with Gasteiger partial charge in [-0.25, -0.2) is 0 Å². The summed E-state index contributed by atoms with van der Waals surface area (Å²) in [4.78, 5) is 12.7. The molecule has 0 bridgehead atoms. The minimum Gasteiger partial charge on any atom is -0.490 e. The number of nitrogens with one attached hydrogen (secondary N) is 1. The Hall–Kier alpha value is -2.17. The van der Waals surface area contributed by atoms with Gasteiger partial charge in [0.15, 0.2) is 17.3 Å². The molecule has 2 heterocycles. The summed E-state index contributed by atoms with van der Waals surface area (Å²) in [5.41, 5.74) is 3.32. The van der Waals surface area contributed by atoms with Crippen LogP contribution in [0.2, 0.25) is 10.0 Å². The lowest BCUT2D eigenvalue weighted by Crippen LogP contribution is -2.23. The van der Waals surface area contributed by atoms with Gasteiger partial charge in [0.25, 0.3) is 0 Å². The first-order valence-electron chi connectivity index (χ1n) is 8.49. The van der Waals surface area contributed by atoms with E-state index >= 15 is 0 Å². The van der Waals surface area contributed by atoms with Gasteiger partial charge in [-0.05, 0) is 42.3 Å². The average molecular weight is 390 g/mol. The standard InChI is InChI=1S/C20H17Cl2NO3/c21-14-6-13(7-15(22)9-14)18(24)11-17-16-10-20-19(25-4-1-5-26-20)8-12(16)2-3-23-17/h6-11,23H,1-5H2. The summed E-state index contributed by atoms with van der Waals surface area (Å²) in [5, 5.41) is 4.18. The molecule has 0 aliphatic carbocycles. The van der Waals surface area contributed by atoms with Crippen molar-refractivity contribution in [3.63, 3.8) is 0 Å². The fourth-order valence-electron chi connectivity index (χ4n) is 3.17. The number of carbonyl (C=O) groups is 1. The molecule has 0 saturated heterocycles. The van der Waals surface area contributed by atoms with Gasteiger partial charge in [0, 0.05) is 45.9 Å². The van der Waals surface area contributed by atoms with Crippen molar-refractivity contribution in [2.24, 2.45) is 0 Å². The molecule has 26 heavy (non-hydrogen) atoms. The predicted octanol–water partition coefficient (Wildman–Crippen LogP) is 4.52. The predicted molar refractivity (Wildman–Crippen MR) is 103 cm³/mol. The molecule has 2 aromatic carbocycles. The van der Waals surface area contributed by atoms with Crippen LogP contribution in [0.4, 0.5) is 0 Å². The molecule has 0 radical (unpaired) electrons. The normalized spacial score (nSPS) is 17.2. The van der Waals surface area contributed by atoms with Gasteiger partial charge in [-0.3, -0.25) is 4.79 Å². The molecular weight excluding hydrogens is 373 g/mol. The first-order valence-corrected chi connectivity index (χ1v) is 9.24. The van der Waals surface area contributed by atoms with Crippen LogP contribution in [0.3, 0.4) is 0 Å². The van der Waals surface area contributed by atoms with Gasteiger partial charge in [-0.1, -0.05) is 23.2 Å². The number of fused-ring (bicyclic) bond motifs is 2. The highest BCUT2D eigenvalue weighted by atomic mass is 35.5. The van der Waals surface area contributed by atoms with E-state index in [0.29, 0.717) is 34.6 Å². The maximum atomic E-state index is 12.7. The van der Waals surface area contributed by atoms with Gasteiger partial charge < -0.3 is 14.8 Å². The van der Waals surface area contributed by atoms with Gasteiger partial charge >= 0.3 is 0 Å². The van der Waals surface area contributed by atoms with Gasteiger partial charge in [-0.15, -0.1) is 0 Å². The third-order valence-corrected chi connectivity index (χ3v) is 4.83. The Morgan fingerprint density at radius 3 is 2.42 bits per heavy atom. The van der Waals surface area contributed by atoms with Gasteiger partial charge in [0.1, 0.15) is 0 Å². The summed E-state index contributed by atoms with van der Waals surface area (Å²) in [5.74, 6) is 1.33. The lowest BCUT2D eigenvalue weighted by molar-refractivity contribution is 0.104. The molecule has 0 atom stereocenters. The minimum absolute atomic E-state index is 0.156. The summed E-state index contributed by atoms with van der Waals surface area (Å²) in [6, 6.07) is 8.81. The molecule has 2 aromatic rings. The Kier molecular flexibility index (Phi) is 4.79. The van der Waals surface area contributed by atoms with Crippen LogP contribution >= 0.6 is 23.2 Å². The van der Waals surface area contributed by atoms with Crippen molar-refractivity contribution in [1.82, 2.24) is 5.32 Å². The van der Waals surface area contributed by atoms with E-state index in [1.807, 2.05) is 12.1 Å². The molecule has 0 fully saturated rings. The monoisotopic (exact) mass is 389 g/mol. The second kappa shape index (κ2) is 7.22. The Morgan fingerprint density at radius 2 is 1.69 bits per heavy atom. The van der Waals surface area contributed by atoms with E-state index in [-0.39, 0.29) is 5.78 Å². The first-order chi connectivity index (χ1) is 12.6. The summed E-state index contributed by atoms with van der Waals surface area (Å²) in [7, 11) is 0. The molecular formula is C20H17Cl2NO3. The van der Waals surface area contributed by atoms with Gasteiger partial charge in [0.05, 0.1) is 13.2 Å². The Labute approximate surface area is 161 Å². The van der Waals surface area contributed by atoms with E-state index in [2.05, 4.69) is 5.32 Å². The Bertz CT molecular complexity index is 888. The van der Waals surface area contributed by atoms with Crippen LogP contribution in [0.25, 0.3) is 5.70 Å². The first kappa shape index (κ1) is 17.3. The summed E-state index contributed by atoms with van der Waals surface area (Å²) in [6.45, 7) is 2.03. The summed E-state index contributed by atoms with van der Waals surface area (Å²) in [6.07, 6.45) is 3.30. The highest BCUT2D eigenvalue weighted by Crippen LogP contribution is 2.36. The molecule has 0 amide bonds. The molecule has 0 spiro atoms. The molecule has 0 unspecified atom stereocenters. The number of hydrogen-bond donors (Lipinski definition) is 1. The number of allylic oxidation sites excluding steroid dienone is 1. The molecule has 2 aliphatic rings. The van der Waals surface area contributed by atoms with Crippen molar-refractivity contribution >= 4 is 34.7 Å². The van der Waals surface area contributed by atoms with Gasteiger partial charge in [-0.2, -0.15) is 0 Å². The van der Waals surface area contributed by atoms with Crippen LogP contribution in [0, 0.1) is 0 Å². The quantitative estimate of drug-likeness (QED) is 0.605. The minimum atomic E-state index is -0.156. The van der Waals surface area contributed by atoms with Crippen LogP contribution in [-0.4, -0.2) is 25.5 Å². The molecule has 6 heteroatoms. The fourth-order valence-corrected chi connectivity index (χ4v) is 3.70.